The van der Waals surface area contributed by atoms with Crippen LogP contribution in [0.3, 0.4) is 0 Å². The van der Waals surface area contributed by atoms with E-state index in [1.54, 1.807) is 13.8 Å². The summed E-state index contributed by atoms with van der Waals surface area (Å²) in [6.45, 7) is 3.24. The highest BCUT2D eigenvalue weighted by atomic mass is 35.5. The highest BCUT2D eigenvalue weighted by Crippen LogP contribution is 2.42. The zero-order chi connectivity index (χ0) is 15.1. The van der Waals surface area contributed by atoms with Gasteiger partial charge in [0.2, 0.25) is 0 Å². The van der Waals surface area contributed by atoms with Crippen molar-refractivity contribution in [1.82, 2.24) is 5.32 Å². The Morgan fingerprint density at radius 3 is 2.52 bits per heavy atom. The van der Waals surface area contributed by atoms with Gasteiger partial charge in [-0.05, 0) is 23.8 Å². The monoisotopic (exact) mass is 327 g/mol. The maximum Gasteiger partial charge on any atom is 0.416 e. The molecule has 1 aromatic carbocycles. The number of halogens is 5. The number of alkyl carbamates (subject to hydrolysis) is 1. The first-order chi connectivity index (χ1) is 9.11. The van der Waals surface area contributed by atoms with Crippen molar-refractivity contribution in [2.75, 3.05) is 6.61 Å². The molecule has 21 heavy (non-hydrogen) atoms. The molecule has 1 N–H and O–H groups in total. The van der Waals surface area contributed by atoms with Crippen molar-refractivity contribution in [2.24, 2.45) is 5.41 Å². The summed E-state index contributed by atoms with van der Waals surface area (Å²) in [4.78, 5) is 11.3. The van der Waals surface area contributed by atoms with E-state index in [1.165, 1.54) is 0 Å². The number of carbonyl (C=O) groups is 1. The molecule has 0 unspecified atom stereocenters. The van der Waals surface area contributed by atoms with Crippen LogP contribution < -0.4 is 5.32 Å². The van der Waals surface area contributed by atoms with Gasteiger partial charge in [0.25, 0.3) is 0 Å². The average Bonchev–Trinajstić information content (AvgIpc) is 2.30. The number of benzene rings is 1. The Kier molecular flexibility index (Phi) is 4.77. The minimum atomic E-state index is -4.62. The molecule has 118 valence electrons. The van der Waals surface area contributed by atoms with Gasteiger partial charge in [-0.15, -0.1) is 12.4 Å². The third-order valence-corrected chi connectivity index (χ3v) is 3.25. The van der Waals surface area contributed by atoms with Crippen molar-refractivity contribution in [1.29, 1.82) is 0 Å². The molecule has 0 aromatic heterocycles. The number of alkyl halides is 3. The third kappa shape index (κ3) is 3.58. The summed E-state index contributed by atoms with van der Waals surface area (Å²) >= 11 is 0. The number of cyclic esters (lactones) is 1. The van der Waals surface area contributed by atoms with Gasteiger partial charge in [-0.3, -0.25) is 0 Å². The van der Waals surface area contributed by atoms with E-state index in [0.29, 0.717) is 6.07 Å². The lowest BCUT2D eigenvalue weighted by Gasteiger charge is -2.39. The predicted octanol–water partition coefficient (Wildman–Crippen LogP) is 4.07. The second kappa shape index (κ2) is 5.71. The first-order valence-corrected chi connectivity index (χ1v) is 5.91. The number of hydrogen-bond acceptors (Lipinski definition) is 2. The fourth-order valence-electron chi connectivity index (χ4n) is 2.22. The first kappa shape index (κ1) is 17.6. The Balaban J connectivity index is 0.00000220. The number of rotatable bonds is 1. The first-order valence-electron chi connectivity index (χ1n) is 5.91. The van der Waals surface area contributed by atoms with Gasteiger partial charge in [0.15, 0.2) is 0 Å². The summed E-state index contributed by atoms with van der Waals surface area (Å²) in [6, 6.07) is 1.26. The van der Waals surface area contributed by atoms with Crippen molar-refractivity contribution < 1.29 is 27.1 Å². The van der Waals surface area contributed by atoms with Gasteiger partial charge in [-0.1, -0.05) is 13.8 Å². The molecule has 0 bridgehead atoms. The van der Waals surface area contributed by atoms with E-state index in [9.17, 15) is 22.4 Å². The van der Waals surface area contributed by atoms with Crippen LogP contribution in [0.25, 0.3) is 0 Å². The van der Waals surface area contributed by atoms with Gasteiger partial charge in [0.1, 0.15) is 12.4 Å². The van der Waals surface area contributed by atoms with E-state index < -0.39 is 35.1 Å². The number of hydrogen-bond donors (Lipinski definition) is 1. The molecule has 8 heteroatoms. The second-order valence-corrected chi connectivity index (χ2v) is 5.37. The quantitative estimate of drug-likeness (QED) is 0.789. The Hall–Kier alpha value is -1.50. The molecule has 2 rings (SSSR count). The van der Waals surface area contributed by atoms with E-state index in [1.807, 2.05) is 0 Å². The van der Waals surface area contributed by atoms with Crippen LogP contribution in [0.4, 0.5) is 22.4 Å². The number of ether oxygens (including phenoxy) is 1. The maximum absolute atomic E-state index is 13.3. The number of amides is 1. The van der Waals surface area contributed by atoms with Crippen LogP contribution in [0.1, 0.15) is 31.0 Å². The zero-order valence-electron chi connectivity index (χ0n) is 11.3. The Morgan fingerprint density at radius 2 is 1.95 bits per heavy atom. The van der Waals surface area contributed by atoms with Crippen LogP contribution in [-0.4, -0.2) is 12.7 Å². The molecule has 1 saturated heterocycles. The van der Waals surface area contributed by atoms with E-state index in [4.69, 9.17) is 4.74 Å². The maximum atomic E-state index is 13.3. The molecule has 1 atom stereocenters. The molecule has 1 aliphatic heterocycles. The molecule has 1 fully saturated rings. The lowest BCUT2D eigenvalue weighted by atomic mass is 9.78. The van der Waals surface area contributed by atoms with E-state index in [2.05, 4.69) is 5.32 Å². The van der Waals surface area contributed by atoms with E-state index in [-0.39, 0.29) is 24.6 Å². The van der Waals surface area contributed by atoms with Gasteiger partial charge in [-0.25, -0.2) is 9.18 Å². The number of carbonyl (C=O) groups excluding carboxylic acids is 1. The molecule has 3 nitrogen and oxygen atoms in total. The molecule has 0 aliphatic carbocycles. The van der Waals surface area contributed by atoms with Gasteiger partial charge in [0, 0.05) is 5.41 Å². The second-order valence-electron chi connectivity index (χ2n) is 5.37. The summed E-state index contributed by atoms with van der Waals surface area (Å²) in [5, 5.41) is 2.33. The zero-order valence-corrected chi connectivity index (χ0v) is 12.1. The normalized spacial score (nSPS) is 21.0. The van der Waals surface area contributed by atoms with Crippen LogP contribution in [0, 0.1) is 11.2 Å². The number of nitrogens with one attached hydrogen (secondary N) is 1. The van der Waals surface area contributed by atoms with Gasteiger partial charge < -0.3 is 10.1 Å². The molecule has 1 aromatic rings. The minimum Gasteiger partial charge on any atom is -0.449 e. The SMILES string of the molecule is CC1(C)COC(=O)N[C@H]1c1cc(F)ccc1C(F)(F)F.Cl. The van der Waals surface area contributed by atoms with Crippen molar-refractivity contribution in [2.45, 2.75) is 26.1 Å². The molecule has 0 saturated carbocycles. The molecular weight excluding hydrogens is 314 g/mol. The average molecular weight is 328 g/mol. The fraction of sp³-hybridized carbons (Fsp3) is 0.462. The van der Waals surface area contributed by atoms with Gasteiger partial charge in [-0.2, -0.15) is 13.2 Å². The minimum absolute atomic E-state index is 0. The molecule has 1 aliphatic rings. The third-order valence-electron chi connectivity index (χ3n) is 3.25. The van der Waals surface area contributed by atoms with Crippen LogP contribution >= 0.6 is 12.4 Å². The Labute approximate surface area is 125 Å². The molecular formula is C13H14ClF4NO2. The van der Waals surface area contributed by atoms with E-state index >= 15 is 0 Å². The van der Waals surface area contributed by atoms with Gasteiger partial charge in [0.05, 0.1) is 11.6 Å². The van der Waals surface area contributed by atoms with Crippen LogP contribution in [-0.2, 0) is 10.9 Å². The van der Waals surface area contributed by atoms with Gasteiger partial charge >= 0.3 is 12.3 Å². The molecule has 0 spiro atoms. The summed E-state index contributed by atoms with van der Waals surface area (Å²) in [5.41, 5.74) is -2.04. The molecule has 1 heterocycles. The lowest BCUT2D eigenvalue weighted by Crippen LogP contribution is -2.47. The van der Waals surface area contributed by atoms with Crippen molar-refractivity contribution >= 4 is 18.5 Å². The lowest BCUT2D eigenvalue weighted by molar-refractivity contribution is -0.139. The standard InChI is InChI=1S/C13H13F4NO2.ClH/c1-12(2)6-20-11(19)18-10(12)8-5-7(14)3-4-9(8)13(15,16)17;/h3-5,10H,6H2,1-2H3,(H,18,19);1H/t10-;/m0./s1. The topological polar surface area (TPSA) is 38.3 Å². The summed E-state index contributed by atoms with van der Waals surface area (Å²) in [7, 11) is 0. The van der Waals surface area contributed by atoms with Crippen molar-refractivity contribution in [3.8, 4) is 0 Å². The van der Waals surface area contributed by atoms with E-state index in [0.717, 1.165) is 12.1 Å². The molecule has 0 radical (unpaired) electrons. The summed E-state index contributed by atoms with van der Waals surface area (Å²) < 4.78 is 57.2. The van der Waals surface area contributed by atoms with Crippen molar-refractivity contribution in [3.05, 3.63) is 35.1 Å². The summed E-state index contributed by atoms with van der Waals surface area (Å²) in [6.07, 6.45) is -5.44. The van der Waals surface area contributed by atoms with Crippen LogP contribution in [0.5, 0.6) is 0 Å². The fourth-order valence-corrected chi connectivity index (χ4v) is 2.22. The largest absolute Gasteiger partial charge is 0.449 e. The highest BCUT2D eigenvalue weighted by molar-refractivity contribution is 5.85. The Bertz CT molecular complexity index is 545. The van der Waals surface area contributed by atoms with Crippen LogP contribution in [0.2, 0.25) is 0 Å². The van der Waals surface area contributed by atoms with Crippen LogP contribution in [0.15, 0.2) is 18.2 Å². The predicted molar refractivity (Wildman–Crippen MR) is 69.7 cm³/mol. The Morgan fingerprint density at radius 1 is 1.33 bits per heavy atom. The highest BCUT2D eigenvalue weighted by Gasteiger charge is 2.43. The molecule has 1 amide bonds. The smallest absolute Gasteiger partial charge is 0.416 e. The summed E-state index contributed by atoms with van der Waals surface area (Å²) in [5.74, 6) is -0.787. The van der Waals surface area contributed by atoms with Crippen molar-refractivity contribution in [3.63, 3.8) is 0 Å².